The van der Waals surface area contributed by atoms with Crippen molar-refractivity contribution in [3.63, 3.8) is 0 Å². The van der Waals surface area contributed by atoms with Gasteiger partial charge in [0.15, 0.2) is 0 Å². The molecule has 0 spiro atoms. The summed E-state index contributed by atoms with van der Waals surface area (Å²) in [6, 6.07) is 0. The summed E-state index contributed by atoms with van der Waals surface area (Å²) in [4.78, 5) is 0. The fourth-order valence-electron chi connectivity index (χ4n) is 1.58. The molecule has 0 aromatic carbocycles. The molecule has 0 saturated carbocycles. The molecule has 3 N–H and O–H groups in total. The Morgan fingerprint density at radius 1 is 1.45 bits per heavy atom. The van der Waals surface area contributed by atoms with Crippen LogP contribution in [0.3, 0.4) is 0 Å². The van der Waals surface area contributed by atoms with E-state index in [2.05, 4.69) is 20.8 Å². The van der Waals surface area contributed by atoms with Crippen LogP contribution in [0.4, 0.5) is 0 Å². The van der Waals surface area contributed by atoms with Crippen LogP contribution in [0.25, 0.3) is 0 Å². The van der Waals surface area contributed by atoms with Crippen LogP contribution >= 0.6 is 0 Å². The molecule has 0 rings (SSSR count). The Morgan fingerprint density at radius 3 is 2.09 bits per heavy atom. The SMILES string of the molecule is CCC(CN)(CCO)C(C)C. The Kier molecular flexibility index (Phi) is 4.69. The standard InChI is InChI=1S/C9H21NO/c1-4-9(7-10,5-6-11)8(2)3/h8,11H,4-7,10H2,1-3H3. The van der Waals surface area contributed by atoms with Gasteiger partial charge < -0.3 is 10.8 Å². The fourth-order valence-corrected chi connectivity index (χ4v) is 1.58. The molecule has 0 fully saturated rings. The Labute approximate surface area is 69.8 Å². The van der Waals surface area contributed by atoms with Crippen LogP contribution in [-0.4, -0.2) is 18.3 Å². The first-order chi connectivity index (χ1) is 5.13. The van der Waals surface area contributed by atoms with Gasteiger partial charge in [-0.05, 0) is 30.7 Å². The Balaban J connectivity index is 4.20. The van der Waals surface area contributed by atoms with Gasteiger partial charge in [-0.15, -0.1) is 0 Å². The molecule has 0 aliphatic rings. The highest BCUT2D eigenvalue weighted by Crippen LogP contribution is 2.33. The number of hydrogen-bond donors (Lipinski definition) is 2. The van der Waals surface area contributed by atoms with E-state index in [-0.39, 0.29) is 12.0 Å². The summed E-state index contributed by atoms with van der Waals surface area (Å²) in [5, 5.41) is 8.86. The summed E-state index contributed by atoms with van der Waals surface area (Å²) in [5.41, 5.74) is 5.86. The van der Waals surface area contributed by atoms with Crippen LogP contribution in [-0.2, 0) is 0 Å². The summed E-state index contributed by atoms with van der Waals surface area (Å²) < 4.78 is 0. The molecule has 0 amide bonds. The minimum atomic E-state index is 0.161. The van der Waals surface area contributed by atoms with Gasteiger partial charge in [0.2, 0.25) is 0 Å². The summed E-state index contributed by atoms with van der Waals surface area (Å²) in [5.74, 6) is 0.560. The number of hydrogen-bond acceptors (Lipinski definition) is 2. The van der Waals surface area contributed by atoms with Crippen molar-refractivity contribution in [1.29, 1.82) is 0 Å². The molecule has 0 aliphatic carbocycles. The predicted octanol–water partition coefficient (Wildman–Crippen LogP) is 1.38. The van der Waals surface area contributed by atoms with Crippen LogP contribution < -0.4 is 5.73 Å². The molecule has 0 radical (unpaired) electrons. The predicted molar refractivity (Wildman–Crippen MR) is 48.3 cm³/mol. The molecule has 0 heterocycles. The third-order valence-electron chi connectivity index (χ3n) is 2.95. The van der Waals surface area contributed by atoms with Gasteiger partial charge in [0.25, 0.3) is 0 Å². The average Bonchev–Trinajstić information content (AvgIpc) is 2.00. The minimum Gasteiger partial charge on any atom is -0.396 e. The van der Waals surface area contributed by atoms with E-state index < -0.39 is 0 Å². The summed E-state index contributed by atoms with van der Waals surface area (Å²) in [7, 11) is 0. The van der Waals surface area contributed by atoms with E-state index in [9.17, 15) is 0 Å². The summed E-state index contributed by atoms with van der Waals surface area (Å²) in [6.07, 6.45) is 1.89. The molecule has 1 atom stereocenters. The highest BCUT2D eigenvalue weighted by Gasteiger charge is 2.29. The quantitative estimate of drug-likeness (QED) is 0.636. The Hall–Kier alpha value is -0.0800. The lowest BCUT2D eigenvalue weighted by Crippen LogP contribution is -2.36. The maximum absolute atomic E-state index is 8.86. The summed E-state index contributed by atoms with van der Waals surface area (Å²) in [6.45, 7) is 7.42. The molecule has 0 aromatic heterocycles. The van der Waals surface area contributed by atoms with E-state index in [1.54, 1.807) is 0 Å². The molecule has 68 valence electrons. The maximum Gasteiger partial charge on any atom is 0.0436 e. The van der Waals surface area contributed by atoms with Crippen molar-refractivity contribution in [3.8, 4) is 0 Å². The van der Waals surface area contributed by atoms with Gasteiger partial charge in [-0.3, -0.25) is 0 Å². The zero-order valence-electron chi connectivity index (χ0n) is 7.93. The first-order valence-electron chi connectivity index (χ1n) is 4.44. The molecule has 11 heavy (non-hydrogen) atoms. The van der Waals surface area contributed by atoms with Crippen LogP contribution in [0.1, 0.15) is 33.6 Å². The van der Waals surface area contributed by atoms with Crippen molar-refractivity contribution < 1.29 is 5.11 Å². The van der Waals surface area contributed by atoms with Gasteiger partial charge in [-0.25, -0.2) is 0 Å². The van der Waals surface area contributed by atoms with E-state index in [4.69, 9.17) is 10.8 Å². The lowest BCUT2D eigenvalue weighted by Gasteiger charge is -2.35. The Bertz CT molecular complexity index is 97.7. The number of aliphatic hydroxyl groups excluding tert-OH is 1. The largest absolute Gasteiger partial charge is 0.396 e. The molecule has 2 heteroatoms. The third-order valence-corrected chi connectivity index (χ3v) is 2.95. The molecular weight excluding hydrogens is 138 g/mol. The van der Waals surface area contributed by atoms with Gasteiger partial charge in [0.05, 0.1) is 0 Å². The van der Waals surface area contributed by atoms with E-state index >= 15 is 0 Å². The highest BCUT2D eigenvalue weighted by molar-refractivity contribution is 4.81. The first-order valence-corrected chi connectivity index (χ1v) is 4.44. The van der Waals surface area contributed by atoms with Gasteiger partial charge in [-0.1, -0.05) is 20.8 Å². The third kappa shape index (κ3) is 2.46. The van der Waals surface area contributed by atoms with Crippen LogP contribution in [0.15, 0.2) is 0 Å². The second-order valence-electron chi connectivity index (χ2n) is 3.55. The van der Waals surface area contributed by atoms with Gasteiger partial charge in [0, 0.05) is 6.61 Å². The van der Waals surface area contributed by atoms with Crippen molar-refractivity contribution in [2.45, 2.75) is 33.6 Å². The van der Waals surface area contributed by atoms with Crippen LogP contribution in [0, 0.1) is 11.3 Å². The van der Waals surface area contributed by atoms with Crippen molar-refractivity contribution in [2.24, 2.45) is 17.1 Å². The van der Waals surface area contributed by atoms with E-state index in [0.29, 0.717) is 12.5 Å². The molecule has 0 bridgehead atoms. The molecule has 0 aromatic rings. The van der Waals surface area contributed by atoms with E-state index in [1.807, 2.05) is 0 Å². The second-order valence-corrected chi connectivity index (χ2v) is 3.55. The smallest absolute Gasteiger partial charge is 0.0436 e. The van der Waals surface area contributed by atoms with Crippen molar-refractivity contribution >= 4 is 0 Å². The lowest BCUT2D eigenvalue weighted by atomic mass is 9.73. The van der Waals surface area contributed by atoms with E-state index in [1.165, 1.54) is 0 Å². The van der Waals surface area contributed by atoms with Crippen molar-refractivity contribution in [1.82, 2.24) is 0 Å². The van der Waals surface area contributed by atoms with Crippen LogP contribution in [0.5, 0.6) is 0 Å². The monoisotopic (exact) mass is 159 g/mol. The first kappa shape index (κ1) is 10.9. The average molecular weight is 159 g/mol. The van der Waals surface area contributed by atoms with Gasteiger partial charge in [0.1, 0.15) is 0 Å². The normalized spacial score (nSPS) is 16.9. The maximum atomic E-state index is 8.86. The zero-order valence-corrected chi connectivity index (χ0v) is 7.93. The topological polar surface area (TPSA) is 46.2 Å². The number of nitrogens with two attached hydrogens (primary N) is 1. The van der Waals surface area contributed by atoms with Crippen molar-refractivity contribution in [3.05, 3.63) is 0 Å². The minimum absolute atomic E-state index is 0.161. The number of rotatable bonds is 5. The molecular formula is C9H21NO. The molecule has 0 saturated heterocycles. The lowest BCUT2D eigenvalue weighted by molar-refractivity contribution is 0.127. The van der Waals surface area contributed by atoms with Crippen LogP contribution in [0.2, 0.25) is 0 Å². The van der Waals surface area contributed by atoms with Crippen molar-refractivity contribution in [2.75, 3.05) is 13.2 Å². The zero-order chi connectivity index (χ0) is 8.91. The van der Waals surface area contributed by atoms with Gasteiger partial charge in [-0.2, -0.15) is 0 Å². The fraction of sp³-hybridized carbons (Fsp3) is 1.00. The Morgan fingerprint density at radius 2 is 2.00 bits per heavy atom. The second kappa shape index (κ2) is 4.73. The summed E-state index contributed by atoms with van der Waals surface area (Å²) >= 11 is 0. The van der Waals surface area contributed by atoms with Gasteiger partial charge >= 0.3 is 0 Å². The van der Waals surface area contributed by atoms with E-state index in [0.717, 1.165) is 12.8 Å². The molecule has 1 unspecified atom stereocenters. The highest BCUT2D eigenvalue weighted by atomic mass is 16.3. The molecule has 2 nitrogen and oxygen atoms in total. The molecule has 0 aliphatic heterocycles. The number of aliphatic hydroxyl groups is 1.